The number of unbranched alkanes of at least 4 members (excludes halogenated alkanes) is 1. The molecule has 7 heteroatoms. The van der Waals surface area contributed by atoms with Crippen LogP contribution in [0.2, 0.25) is 0 Å². The summed E-state index contributed by atoms with van der Waals surface area (Å²) in [5, 5.41) is 5.82. The number of amides is 2. The predicted octanol–water partition coefficient (Wildman–Crippen LogP) is 8.69. The van der Waals surface area contributed by atoms with Crippen molar-refractivity contribution in [3.63, 3.8) is 0 Å². The number of fused-ring (bicyclic) bond motifs is 1. The molecule has 2 amide bonds. The van der Waals surface area contributed by atoms with E-state index in [0.29, 0.717) is 17.8 Å². The van der Waals surface area contributed by atoms with E-state index in [1.165, 1.54) is 0 Å². The first kappa shape index (κ1) is 29.6. The summed E-state index contributed by atoms with van der Waals surface area (Å²) < 4.78 is 7.88. The number of carbonyl (C=O) groups excluding carboxylic acids is 2. The van der Waals surface area contributed by atoms with Crippen LogP contribution >= 0.6 is 0 Å². The molecule has 7 nitrogen and oxygen atoms in total. The van der Waals surface area contributed by atoms with E-state index in [1.54, 1.807) is 6.07 Å². The van der Waals surface area contributed by atoms with Crippen LogP contribution in [-0.2, 0) is 17.7 Å². The first-order valence-corrected chi connectivity index (χ1v) is 14.7. The van der Waals surface area contributed by atoms with Gasteiger partial charge in [-0.25, -0.2) is 14.6 Å². The lowest BCUT2D eigenvalue weighted by Crippen LogP contribution is -2.24. The van der Waals surface area contributed by atoms with Crippen molar-refractivity contribution in [1.29, 1.82) is 0 Å². The molecule has 0 aliphatic heterocycles. The highest BCUT2D eigenvalue weighted by molar-refractivity contribution is 6.01. The van der Waals surface area contributed by atoms with E-state index >= 15 is 0 Å². The first-order valence-electron chi connectivity index (χ1n) is 14.7. The lowest BCUT2D eigenvalue weighted by molar-refractivity contribution is 0.00704. The molecule has 1 aromatic heterocycles. The Labute approximate surface area is 252 Å². The largest absolute Gasteiger partial charge is 0.456 e. The van der Waals surface area contributed by atoms with Crippen molar-refractivity contribution < 1.29 is 14.3 Å². The van der Waals surface area contributed by atoms with Gasteiger partial charge in [0.05, 0.1) is 16.6 Å². The number of ether oxygens (including phenoxy) is 1. The zero-order valence-electron chi connectivity index (χ0n) is 25.2. The fraction of sp³-hybridized carbons (Fsp3) is 0.250. The molecule has 220 valence electrons. The van der Waals surface area contributed by atoms with Crippen molar-refractivity contribution in [1.82, 2.24) is 9.55 Å². The molecule has 2 N–H and O–H groups in total. The number of para-hydroxylation sites is 1. The summed E-state index contributed by atoms with van der Waals surface area (Å²) >= 11 is 0. The van der Waals surface area contributed by atoms with E-state index in [4.69, 9.17) is 9.72 Å². The van der Waals surface area contributed by atoms with Crippen LogP contribution in [0, 0.1) is 0 Å². The Kier molecular flexibility index (Phi) is 8.90. The molecule has 0 unspecified atom stereocenters. The maximum atomic E-state index is 12.9. The number of carbonyl (C=O) groups is 2. The van der Waals surface area contributed by atoms with Crippen LogP contribution in [0.3, 0.4) is 0 Å². The van der Waals surface area contributed by atoms with Crippen LogP contribution in [-0.4, -0.2) is 27.2 Å². The summed E-state index contributed by atoms with van der Waals surface area (Å²) in [5.74, 6) is 0.682. The standard InChI is InChI=1S/C36H38N4O3/c1-5-6-16-33-39-31-22-21-28(38-35(42)37-27-12-8-7-9-13-27)23-32(31)40(33)24-25-17-19-26(20-18-25)29-14-10-11-15-30(29)34(41)43-36(2,3)4/h7-15,17-23H,5-6,16,24H2,1-4H3,(H2,37,38,42). The molecule has 0 aliphatic carbocycles. The maximum absolute atomic E-state index is 12.9. The van der Waals surface area contributed by atoms with Crippen molar-refractivity contribution in [3.05, 3.63) is 114 Å². The van der Waals surface area contributed by atoms with E-state index in [9.17, 15) is 9.59 Å². The van der Waals surface area contributed by atoms with Gasteiger partial charge in [-0.05, 0) is 80.3 Å². The molecule has 0 atom stereocenters. The number of aromatic nitrogens is 2. The van der Waals surface area contributed by atoms with Crippen LogP contribution in [0.15, 0.2) is 97.1 Å². The number of esters is 1. The molecule has 0 bridgehead atoms. The van der Waals surface area contributed by atoms with E-state index < -0.39 is 5.60 Å². The van der Waals surface area contributed by atoms with Gasteiger partial charge < -0.3 is 19.9 Å². The first-order chi connectivity index (χ1) is 20.7. The molecule has 4 aromatic carbocycles. The predicted molar refractivity (Wildman–Crippen MR) is 174 cm³/mol. The van der Waals surface area contributed by atoms with Gasteiger partial charge >= 0.3 is 12.0 Å². The fourth-order valence-corrected chi connectivity index (χ4v) is 4.99. The van der Waals surface area contributed by atoms with E-state index in [2.05, 4.69) is 34.3 Å². The summed E-state index contributed by atoms with van der Waals surface area (Å²) in [4.78, 5) is 30.5. The number of aryl methyl sites for hydroxylation is 1. The van der Waals surface area contributed by atoms with Crippen LogP contribution in [0.1, 0.15) is 62.3 Å². The van der Waals surface area contributed by atoms with Crippen LogP contribution in [0.25, 0.3) is 22.2 Å². The molecule has 0 spiro atoms. The Hall–Kier alpha value is -4.91. The topological polar surface area (TPSA) is 85.3 Å². The normalized spacial score (nSPS) is 11.3. The molecule has 0 saturated carbocycles. The van der Waals surface area contributed by atoms with Gasteiger partial charge in [-0.1, -0.05) is 74.0 Å². The molecule has 1 heterocycles. The number of nitrogens with zero attached hydrogens (tertiary/aromatic N) is 2. The fourth-order valence-electron chi connectivity index (χ4n) is 4.99. The average molecular weight is 575 g/mol. The number of rotatable bonds is 9. The van der Waals surface area contributed by atoms with E-state index in [1.807, 2.05) is 99.6 Å². The number of benzene rings is 4. The molecule has 5 rings (SSSR count). The number of hydrogen-bond donors (Lipinski definition) is 2. The molecule has 5 aromatic rings. The van der Waals surface area contributed by atoms with Crippen molar-refractivity contribution in [2.45, 2.75) is 59.1 Å². The number of anilines is 2. The van der Waals surface area contributed by atoms with Gasteiger partial charge in [-0.15, -0.1) is 0 Å². The minimum Gasteiger partial charge on any atom is -0.456 e. The van der Waals surface area contributed by atoms with Crippen molar-refractivity contribution in [2.75, 3.05) is 10.6 Å². The third kappa shape index (κ3) is 7.49. The van der Waals surface area contributed by atoms with Crippen molar-refractivity contribution >= 4 is 34.4 Å². The molecular weight excluding hydrogens is 536 g/mol. The van der Waals surface area contributed by atoms with Crippen LogP contribution in [0.5, 0.6) is 0 Å². The van der Waals surface area contributed by atoms with Gasteiger partial charge in [0.15, 0.2) is 0 Å². The number of nitrogens with one attached hydrogen (secondary N) is 2. The molecule has 0 aliphatic rings. The third-order valence-corrected chi connectivity index (χ3v) is 7.02. The zero-order valence-corrected chi connectivity index (χ0v) is 25.2. The quantitative estimate of drug-likeness (QED) is 0.172. The molecule has 43 heavy (non-hydrogen) atoms. The molecule has 0 fully saturated rings. The highest BCUT2D eigenvalue weighted by Crippen LogP contribution is 2.28. The maximum Gasteiger partial charge on any atom is 0.339 e. The smallest absolute Gasteiger partial charge is 0.339 e. The summed E-state index contributed by atoms with van der Waals surface area (Å²) in [6.07, 6.45) is 2.97. The average Bonchev–Trinajstić information content (AvgIpc) is 3.32. The minimum atomic E-state index is -0.571. The highest BCUT2D eigenvalue weighted by Gasteiger charge is 2.21. The Morgan fingerprint density at radius 3 is 2.26 bits per heavy atom. The van der Waals surface area contributed by atoms with E-state index in [-0.39, 0.29) is 12.0 Å². The highest BCUT2D eigenvalue weighted by atomic mass is 16.6. The third-order valence-electron chi connectivity index (χ3n) is 7.02. The second-order valence-electron chi connectivity index (χ2n) is 11.6. The lowest BCUT2D eigenvalue weighted by atomic mass is 9.98. The van der Waals surface area contributed by atoms with Gasteiger partial charge in [0.1, 0.15) is 11.4 Å². The zero-order chi connectivity index (χ0) is 30.4. The lowest BCUT2D eigenvalue weighted by Gasteiger charge is -2.20. The van der Waals surface area contributed by atoms with Crippen LogP contribution in [0.4, 0.5) is 16.2 Å². The summed E-state index contributed by atoms with van der Waals surface area (Å²) in [6, 6.07) is 30.7. The Bertz CT molecular complexity index is 1720. The monoisotopic (exact) mass is 574 g/mol. The van der Waals surface area contributed by atoms with Gasteiger partial charge in [0.2, 0.25) is 0 Å². The minimum absolute atomic E-state index is 0.301. The number of imidazole rings is 1. The van der Waals surface area contributed by atoms with Gasteiger partial charge in [-0.3, -0.25) is 0 Å². The second kappa shape index (κ2) is 12.9. The summed E-state index contributed by atoms with van der Waals surface area (Å²) in [7, 11) is 0. The molecular formula is C36H38N4O3. The number of urea groups is 1. The van der Waals surface area contributed by atoms with Gasteiger partial charge in [0, 0.05) is 24.3 Å². The van der Waals surface area contributed by atoms with Crippen molar-refractivity contribution in [3.8, 4) is 11.1 Å². The Morgan fingerprint density at radius 1 is 0.837 bits per heavy atom. The van der Waals surface area contributed by atoms with Gasteiger partial charge in [0.25, 0.3) is 0 Å². The summed E-state index contributed by atoms with van der Waals surface area (Å²) in [5.41, 5.74) is 6.14. The van der Waals surface area contributed by atoms with Crippen LogP contribution < -0.4 is 10.6 Å². The summed E-state index contributed by atoms with van der Waals surface area (Å²) in [6.45, 7) is 8.41. The molecule has 0 radical (unpaired) electrons. The Morgan fingerprint density at radius 2 is 1.53 bits per heavy atom. The van der Waals surface area contributed by atoms with Gasteiger partial charge in [-0.2, -0.15) is 0 Å². The van der Waals surface area contributed by atoms with E-state index in [0.717, 1.165) is 58.5 Å². The Balaban J connectivity index is 1.40. The SMILES string of the molecule is CCCCc1nc2ccc(NC(=O)Nc3ccccc3)cc2n1Cc1ccc(-c2ccccc2C(=O)OC(C)(C)C)cc1. The number of hydrogen-bond acceptors (Lipinski definition) is 4. The van der Waals surface area contributed by atoms with Crippen molar-refractivity contribution in [2.24, 2.45) is 0 Å². The second-order valence-corrected chi connectivity index (χ2v) is 11.6. The molecule has 0 saturated heterocycles.